The molecule has 0 atom stereocenters. The Morgan fingerprint density at radius 2 is 2.20 bits per heavy atom. The maximum Gasteiger partial charge on any atom is 0.281 e. The largest absolute Gasteiger partial charge is 0.454 e. The Bertz CT molecular complexity index is 671. The molecule has 0 saturated heterocycles. The normalized spacial score (nSPS) is 12.8. The molecule has 2 aromatic rings. The van der Waals surface area contributed by atoms with Crippen molar-refractivity contribution in [1.82, 2.24) is 5.43 Å². The monoisotopic (exact) mass is 308 g/mol. The molecule has 0 saturated carbocycles. The van der Waals surface area contributed by atoms with Crippen molar-refractivity contribution in [3.63, 3.8) is 0 Å². The van der Waals surface area contributed by atoms with Gasteiger partial charge in [0.05, 0.1) is 16.1 Å². The average molecular weight is 309 g/mol. The van der Waals surface area contributed by atoms with E-state index in [-0.39, 0.29) is 12.7 Å². The van der Waals surface area contributed by atoms with Gasteiger partial charge in [0.1, 0.15) is 0 Å². The molecule has 102 valence electrons. The fourth-order valence-corrected chi connectivity index (χ4v) is 2.47. The Morgan fingerprint density at radius 1 is 1.40 bits per heavy atom. The van der Waals surface area contributed by atoms with Crippen LogP contribution in [0, 0.1) is 0 Å². The van der Waals surface area contributed by atoms with Crippen LogP contribution in [0.4, 0.5) is 0 Å². The highest BCUT2D eigenvalue weighted by Gasteiger charge is 2.15. The highest BCUT2D eigenvalue weighted by atomic mass is 35.5. The van der Waals surface area contributed by atoms with E-state index in [4.69, 9.17) is 21.1 Å². The van der Waals surface area contributed by atoms with Crippen LogP contribution < -0.4 is 14.9 Å². The number of nitrogens with one attached hydrogen (secondary N) is 1. The van der Waals surface area contributed by atoms with E-state index in [9.17, 15) is 4.79 Å². The molecule has 0 fully saturated rings. The van der Waals surface area contributed by atoms with Crippen molar-refractivity contribution in [2.24, 2.45) is 5.10 Å². The Hall–Kier alpha value is -2.05. The lowest BCUT2D eigenvalue weighted by molar-refractivity contribution is 0.0959. The highest BCUT2D eigenvalue weighted by molar-refractivity contribution is 7.12. The Balaban J connectivity index is 1.72. The van der Waals surface area contributed by atoms with Gasteiger partial charge in [-0.2, -0.15) is 5.10 Å². The fourth-order valence-electron chi connectivity index (χ4n) is 1.66. The topological polar surface area (TPSA) is 59.9 Å². The number of hydrazone groups is 1. The lowest BCUT2D eigenvalue weighted by Gasteiger charge is -2.01. The molecular weight excluding hydrogens is 300 g/mol. The second-order valence-electron chi connectivity index (χ2n) is 3.90. The zero-order valence-corrected chi connectivity index (χ0v) is 11.7. The van der Waals surface area contributed by atoms with Gasteiger partial charge in [-0.15, -0.1) is 11.3 Å². The summed E-state index contributed by atoms with van der Waals surface area (Å²) in [6.45, 7) is 0.182. The average Bonchev–Trinajstić information content (AvgIpc) is 3.08. The van der Waals surface area contributed by atoms with E-state index in [1.807, 2.05) is 5.38 Å². The van der Waals surface area contributed by atoms with Gasteiger partial charge in [-0.25, -0.2) is 5.43 Å². The molecule has 0 aliphatic carbocycles. The number of hydrogen-bond acceptors (Lipinski definition) is 5. The molecule has 0 radical (unpaired) electrons. The number of rotatable bonds is 3. The maximum atomic E-state index is 11.7. The first-order valence-corrected chi connectivity index (χ1v) is 6.96. The van der Waals surface area contributed by atoms with E-state index in [0.717, 1.165) is 0 Å². The number of fused-ring (bicyclic) bond motifs is 1. The summed E-state index contributed by atoms with van der Waals surface area (Å²) in [6.07, 6.45) is 1.47. The molecule has 2 heterocycles. The van der Waals surface area contributed by atoms with Crippen molar-refractivity contribution in [3.8, 4) is 11.5 Å². The summed E-state index contributed by atoms with van der Waals surface area (Å²) in [5, 5.41) is 6.19. The highest BCUT2D eigenvalue weighted by Crippen LogP contribution is 2.36. The molecule has 5 nitrogen and oxygen atoms in total. The Morgan fingerprint density at radius 3 is 2.95 bits per heavy atom. The number of halogens is 1. The van der Waals surface area contributed by atoms with Crippen LogP contribution in [0.15, 0.2) is 34.7 Å². The fraction of sp³-hybridized carbons (Fsp3) is 0.0769. The summed E-state index contributed by atoms with van der Waals surface area (Å²) < 4.78 is 10.5. The first-order valence-electron chi connectivity index (χ1n) is 5.70. The number of amides is 1. The van der Waals surface area contributed by atoms with E-state index < -0.39 is 0 Å². The van der Waals surface area contributed by atoms with Gasteiger partial charge in [0, 0.05) is 11.6 Å². The van der Waals surface area contributed by atoms with Crippen molar-refractivity contribution < 1.29 is 14.3 Å². The standard InChI is InChI=1S/C13H9ClN2O3S/c14-9-5-11-10(18-7-19-11)4-8(9)6-15-16-13(17)12-2-1-3-20-12/h1-6H,7H2,(H,16,17)/b15-6-. The molecule has 1 aliphatic heterocycles. The van der Waals surface area contributed by atoms with E-state index in [0.29, 0.717) is 27.0 Å². The van der Waals surface area contributed by atoms with Crippen molar-refractivity contribution in [3.05, 3.63) is 45.1 Å². The van der Waals surface area contributed by atoms with Gasteiger partial charge >= 0.3 is 0 Å². The lowest BCUT2D eigenvalue weighted by Crippen LogP contribution is -2.16. The predicted molar refractivity (Wildman–Crippen MR) is 77.0 cm³/mol. The van der Waals surface area contributed by atoms with Crippen LogP contribution in [0.5, 0.6) is 11.5 Å². The number of benzene rings is 1. The molecule has 1 aromatic heterocycles. The van der Waals surface area contributed by atoms with Gasteiger partial charge in [-0.1, -0.05) is 17.7 Å². The zero-order valence-electron chi connectivity index (χ0n) is 10.1. The number of nitrogens with zero attached hydrogens (tertiary/aromatic N) is 1. The van der Waals surface area contributed by atoms with Crippen molar-refractivity contribution in [2.45, 2.75) is 0 Å². The summed E-state index contributed by atoms with van der Waals surface area (Å²) in [6, 6.07) is 6.90. The van der Waals surface area contributed by atoms with Crippen molar-refractivity contribution in [1.29, 1.82) is 0 Å². The van der Waals surface area contributed by atoms with E-state index >= 15 is 0 Å². The minimum Gasteiger partial charge on any atom is -0.454 e. The van der Waals surface area contributed by atoms with Crippen LogP contribution in [0.25, 0.3) is 0 Å². The van der Waals surface area contributed by atoms with Crippen LogP contribution in [0.2, 0.25) is 5.02 Å². The van der Waals surface area contributed by atoms with Crippen LogP contribution in [-0.4, -0.2) is 18.9 Å². The Labute approximate surface area is 123 Å². The number of hydrogen-bond donors (Lipinski definition) is 1. The van der Waals surface area contributed by atoms with Crippen LogP contribution >= 0.6 is 22.9 Å². The second kappa shape index (κ2) is 5.52. The zero-order chi connectivity index (χ0) is 13.9. The molecule has 7 heteroatoms. The molecule has 1 amide bonds. The summed E-state index contributed by atoms with van der Waals surface area (Å²) in [7, 11) is 0. The van der Waals surface area contributed by atoms with Gasteiger partial charge in [0.15, 0.2) is 11.5 Å². The van der Waals surface area contributed by atoms with E-state index in [1.165, 1.54) is 17.6 Å². The van der Waals surface area contributed by atoms with Gasteiger partial charge in [-0.3, -0.25) is 4.79 Å². The van der Waals surface area contributed by atoms with Crippen molar-refractivity contribution >= 4 is 35.1 Å². The number of carbonyl (C=O) groups excluding carboxylic acids is 1. The summed E-state index contributed by atoms with van der Waals surface area (Å²) in [5.74, 6) is 0.961. The van der Waals surface area contributed by atoms with Gasteiger partial charge in [-0.05, 0) is 17.5 Å². The lowest BCUT2D eigenvalue weighted by atomic mass is 10.2. The number of ether oxygens (including phenoxy) is 2. The first-order chi connectivity index (χ1) is 9.74. The Kier molecular flexibility index (Phi) is 3.58. The molecule has 0 spiro atoms. The number of thiophene rings is 1. The number of carbonyl (C=O) groups is 1. The van der Waals surface area contributed by atoms with Crippen LogP contribution in [0.3, 0.4) is 0 Å². The molecule has 1 aliphatic rings. The molecule has 1 aromatic carbocycles. The van der Waals surface area contributed by atoms with E-state index in [1.54, 1.807) is 24.3 Å². The minimum atomic E-state index is -0.256. The van der Waals surface area contributed by atoms with Gasteiger partial charge in [0.25, 0.3) is 5.91 Å². The molecule has 0 unspecified atom stereocenters. The molecule has 3 rings (SSSR count). The third kappa shape index (κ3) is 2.61. The SMILES string of the molecule is O=C(N/N=C\c1cc2c(cc1Cl)OCO2)c1cccs1. The predicted octanol–water partition coefficient (Wildman–Crippen LogP) is 2.89. The molecule has 1 N–H and O–H groups in total. The molecular formula is C13H9ClN2O3S. The minimum absolute atomic E-state index is 0.182. The van der Waals surface area contributed by atoms with Gasteiger partial charge < -0.3 is 9.47 Å². The third-order valence-corrected chi connectivity index (χ3v) is 3.80. The molecule has 0 bridgehead atoms. The summed E-state index contributed by atoms with van der Waals surface area (Å²) in [4.78, 5) is 12.3. The smallest absolute Gasteiger partial charge is 0.281 e. The maximum absolute atomic E-state index is 11.7. The first kappa shape index (κ1) is 13.0. The van der Waals surface area contributed by atoms with E-state index in [2.05, 4.69) is 10.5 Å². The molecule has 20 heavy (non-hydrogen) atoms. The van der Waals surface area contributed by atoms with Crippen molar-refractivity contribution in [2.75, 3.05) is 6.79 Å². The quantitative estimate of drug-likeness (QED) is 0.700. The van der Waals surface area contributed by atoms with Crippen LogP contribution in [0.1, 0.15) is 15.2 Å². The second-order valence-corrected chi connectivity index (χ2v) is 5.26. The van der Waals surface area contributed by atoms with Crippen LogP contribution in [-0.2, 0) is 0 Å². The van der Waals surface area contributed by atoms with Gasteiger partial charge in [0.2, 0.25) is 6.79 Å². The summed E-state index contributed by atoms with van der Waals surface area (Å²) in [5.41, 5.74) is 3.08. The third-order valence-electron chi connectivity index (χ3n) is 2.61. The summed E-state index contributed by atoms with van der Waals surface area (Å²) >= 11 is 7.43.